The minimum atomic E-state index is 0.573. The summed E-state index contributed by atoms with van der Waals surface area (Å²) in [5.74, 6) is 0. The zero-order chi connectivity index (χ0) is 7.23. The number of thiol groups is 1. The molecule has 0 saturated heterocycles. The van der Waals surface area contributed by atoms with Crippen LogP contribution in [-0.2, 0) is 32.6 Å². The lowest BCUT2D eigenvalue weighted by molar-refractivity contribution is 0.368. The number of hydrogen-bond acceptors (Lipinski definition) is 2. The maximum Gasteiger partial charge on any atom is 0.0864 e. The summed E-state index contributed by atoms with van der Waals surface area (Å²) in [6.07, 6.45) is 0. The van der Waals surface area contributed by atoms with Crippen LogP contribution in [-0.4, -0.2) is 0 Å². The van der Waals surface area contributed by atoms with Crippen LogP contribution in [0, 0.1) is 0 Å². The third-order valence-corrected chi connectivity index (χ3v) is 1.68. The van der Waals surface area contributed by atoms with Gasteiger partial charge in [0.1, 0.15) is 0 Å². The van der Waals surface area contributed by atoms with Gasteiger partial charge in [-0.05, 0) is 27.4 Å². The SMILES string of the molecule is S=[SH]OCc1ccccc1. The van der Waals surface area contributed by atoms with Gasteiger partial charge in [-0.3, -0.25) is 0 Å². The highest BCUT2D eigenvalue weighted by Crippen LogP contribution is 1.98. The van der Waals surface area contributed by atoms with Crippen LogP contribution in [0.2, 0.25) is 0 Å². The molecule has 0 atom stereocenters. The summed E-state index contributed by atoms with van der Waals surface area (Å²) in [5.41, 5.74) is 1.17. The quantitative estimate of drug-likeness (QED) is 0.690. The Labute approximate surface area is 68.9 Å². The zero-order valence-electron chi connectivity index (χ0n) is 5.36. The second kappa shape index (κ2) is 4.55. The van der Waals surface area contributed by atoms with Crippen LogP contribution in [0.15, 0.2) is 30.3 Å². The van der Waals surface area contributed by atoms with Crippen molar-refractivity contribution in [2.24, 2.45) is 0 Å². The lowest BCUT2D eigenvalue weighted by atomic mass is 10.2. The van der Waals surface area contributed by atoms with E-state index < -0.39 is 0 Å². The summed E-state index contributed by atoms with van der Waals surface area (Å²) >= 11 is 4.60. The van der Waals surface area contributed by atoms with Gasteiger partial charge in [0.15, 0.2) is 0 Å². The predicted molar refractivity (Wildman–Crippen MR) is 47.4 cm³/mol. The van der Waals surface area contributed by atoms with Crippen molar-refractivity contribution in [2.45, 2.75) is 6.61 Å². The maximum absolute atomic E-state index is 5.01. The van der Waals surface area contributed by atoms with Crippen molar-refractivity contribution in [3.05, 3.63) is 35.9 Å². The van der Waals surface area contributed by atoms with E-state index in [1.807, 2.05) is 30.3 Å². The Balaban J connectivity index is 2.50. The van der Waals surface area contributed by atoms with Crippen LogP contribution in [0.5, 0.6) is 0 Å². The van der Waals surface area contributed by atoms with Crippen molar-refractivity contribution < 1.29 is 4.18 Å². The first-order chi connectivity index (χ1) is 4.93. The Morgan fingerprint density at radius 2 is 2.00 bits per heavy atom. The van der Waals surface area contributed by atoms with Crippen molar-refractivity contribution in [2.75, 3.05) is 0 Å². The summed E-state index contributed by atoms with van der Waals surface area (Å²) in [6, 6.07) is 9.98. The average molecular weight is 172 g/mol. The molecule has 0 aromatic heterocycles. The zero-order valence-corrected chi connectivity index (χ0v) is 7.07. The summed E-state index contributed by atoms with van der Waals surface area (Å²) in [5, 5.41) is 0. The van der Waals surface area contributed by atoms with Gasteiger partial charge >= 0.3 is 0 Å². The van der Waals surface area contributed by atoms with Gasteiger partial charge in [-0.1, -0.05) is 30.3 Å². The van der Waals surface area contributed by atoms with Crippen LogP contribution in [0.1, 0.15) is 5.56 Å². The van der Waals surface area contributed by atoms with Crippen molar-refractivity contribution in [1.29, 1.82) is 0 Å². The normalized spacial score (nSPS) is 9.60. The largest absolute Gasteiger partial charge is 0.311 e. The fourth-order valence-electron chi connectivity index (χ4n) is 0.675. The van der Waals surface area contributed by atoms with Gasteiger partial charge in [0, 0.05) is 0 Å². The Morgan fingerprint density at radius 1 is 1.30 bits per heavy atom. The summed E-state index contributed by atoms with van der Waals surface area (Å²) in [4.78, 5) is 0. The van der Waals surface area contributed by atoms with Gasteiger partial charge in [-0.15, -0.1) is 0 Å². The van der Waals surface area contributed by atoms with E-state index >= 15 is 0 Å². The molecule has 1 rings (SSSR count). The molecule has 3 heteroatoms. The van der Waals surface area contributed by atoms with E-state index in [2.05, 4.69) is 11.2 Å². The van der Waals surface area contributed by atoms with Crippen molar-refractivity contribution in [3.8, 4) is 0 Å². The highest BCUT2D eigenvalue weighted by atomic mass is 32.8. The third kappa shape index (κ3) is 2.56. The molecule has 10 heavy (non-hydrogen) atoms. The summed E-state index contributed by atoms with van der Waals surface area (Å²) < 4.78 is 5.01. The molecule has 0 N–H and O–H groups in total. The monoisotopic (exact) mass is 172 g/mol. The van der Waals surface area contributed by atoms with Gasteiger partial charge < -0.3 is 4.18 Å². The van der Waals surface area contributed by atoms with Gasteiger partial charge in [-0.2, -0.15) is 0 Å². The standard InChI is InChI=1S/C7H8OS2/c9-10-8-6-7-4-2-1-3-5-7/h1-5,10H,6H2. The molecule has 1 aromatic rings. The van der Waals surface area contributed by atoms with Gasteiger partial charge in [0.05, 0.1) is 6.61 Å². The molecule has 0 aliphatic rings. The lowest BCUT2D eigenvalue weighted by Gasteiger charge is -1.95. The van der Waals surface area contributed by atoms with E-state index in [0.717, 1.165) is 0 Å². The topological polar surface area (TPSA) is 9.23 Å². The molecule has 0 aliphatic carbocycles. The van der Waals surface area contributed by atoms with E-state index in [-0.39, 0.29) is 0 Å². The van der Waals surface area contributed by atoms with E-state index in [0.29, 0.717) is 17.2 Å². The van der Waals surface area contributed by atoms with E-state index in [4.69, 9.17) is 4.18 Å². The minimum Gasteiger partial charge on any atom is -0.311 e. The smallest absolute Gasteiger partial charge is 0.0864 e. The lowest BCUT2D eigenvalue weighted by Crippen LogP contribution is -1.84. The molecule has 0 fully saturated rings. The second-order valence-corrected chi connectivity index (χ2v) is 2.69. The number of benzene rings is 1. The maximum atomic E-state index is 5.01. The van der Waals surface area contributed by atoms with Gasteiger partial charge in [0.25, 0.3) is 0 Å². The van der Waals surface area contributed by atoms with Crippen molar-refractivity contribution >= 4 is 21.8 Å². The summed E-state index contributed by atoms with van der Waals surface area (Å²) in [7, 11) is 0.573. The fourth-order valence-corrected chi connectivity index (χ4v) is 1.04. The Bertz CT molecular complexity index is 198. The molecular formula is C7H8OS2. The van der Waals surface area contributed by atoms with E-state index in [1.54, 1.807) is 0 Å². The molecule has 1 aromatic carbocycles. The van der Waals surface area contributed by atoms with Gasteiger partial charge in [-0.25, -0.2) is 0 Å². The van der Waals surface area contributed by atoms with Crippen LogP contribution in [0.4, 0.5) is 0 Å². The predicted octanol–water partition coefficient (Wildman–Crippen LogP) is 1.40. The Hall–Kier alpha value is -0.250. The van der Waals surface area contributed by atoms with Crippen molar-refractivity contribution in [3.63, 3.8) is 0 Å². The minimum absolute atomic E-state index is 0.573. The van der Waals surface area contributed by atoms with Crippen molar-refractivity contribution in [1.82, 2.24) is 0 Å². The second-order valence-electron chi connectivity index (χ2n) is 1.83. The molecule has 0 bridgehead atoms. The van der Waals surface area contributed by atoms with E-state index in [9.17, 15) is 0 Å². The highest BCUT2D eigenvalue weighted by molar-refractivity contribution is 8.15. The molecule has 0 heterocycles. The molecule has 0 amide bonds. The molecule has 0 unspecified atom stereocenters. The molecular weight excluding hydrogens is 164 g/mol. The average Bonchev–Trinajstić information content (AvgIpc) is 2.03. The molecule has 54 valence electrons. The van der Waals surface area contributed by atoms with Crippen LogP contribution in [0.25, 0.3) is 0 Å². The Morgan fingerprint density at radius 3 is 2.60 bits per heavy atom. The van der Waals surface area contributed by atoms with Gasteiger partial charge in [0.2, 0.25) is 0 Å². The molecule has 0 spiro atoms. The van der Waals surface area contributed by atoms with Crippen LogP contribution in [0.3, 0.4) is 0 Å². The first-order valence-corrected chi connectivity index (χ1v) is 4.74. The Kier molecular flexibility index (Phi) is 3.57. The molecule has 0 aliphatic heterocycles. The molecule has 1 nitrogen and oxygen atoms in total. The van der Waals surface area contributed by atoms with E-state index in [1.165, 1.54) is 5.56 Å². The first kappa shape index (κ1) is 7.85. The van der Waals surface area contributed by atoms with Crippen LogP contribution >= 0.6 is 0 Å². The summed E-state index contributed by atoms with van der Waals surface area (Å²) in [6.45, 7) is 0.617. The number of hydrogen-bond donors (Lipinski definition) is 1. The number of rotatable bonds is 3. The van der Waals surface area contributed by atoms with Crippen LogP contribution < -0.4 is 0 Å². The third-order valence-electron chi connectivity index (χ3n) is 1.13. The molecule has 0 radical (unpaired) electrons. The fraction of sp³-hybridized carbons (Fsp3) is 0.143. The first-order valence-electron chi connectivity index (χ1n) is 2.92. The highest BCUT2D eigenvalue weighted by Gasteiger charge is 1.86. The molecule has 0 saturated carbocycles.